The minimum atomic E-state index is 0.225. The van der Waals surface area contributed by atoms with Crippen LogP contribution in [0.5, 0.6) is 5.88 Å². The second kappa shape index (κ2) is 3.39. The number of rotatable bonds is 2. The van der Waals surface area contributed by atoms with Crippen LogP contribution in [0.4, 0.5) is 0 Å². The van der Waals surface area contributed by atoms with E-state index in [1.807, 2.05) is 6.92 Å². The lowest BCUT2D eigenvalue weighted by Crippen LogP contribution is -1.96. The van der Waals surface area contributed by atoms with Crippen LogP contribution < -0.4 is 4.89 Å². The van der Waals surface area contributed by atoms with Crippen molar-refractivity contribution in [3.8, 4) is 5.88 Å². The van der Waals surface area contributed by atoms with Gasteiger partial charge < -0.3 is 4.98 Å². The predicted molar refractivity (Wildman–Crippen MR) is 48.7 cm³/mol. The Balaban J connectivity index is 2.66. The van der Waals surface area contributed by atoms with Crippen LogP contribution in [0, 0.1) is 13.8 Å². The quantitative estimate of drug-likeness (QED) is 0.605. The second-order valence-corrected chi connectivity index (χ2v) is 2.87. The number of imidazole rings is 1. The van der Waals surface area contributed by atoms with Crippen LogP contribution in [0.15, 0.2) is 0 Å². The standard InChI is InChI=1S/C7H7ClN4O2/c1-3-9-5-6(10-3)11-4(2)12-7(5)13-14-8/h1-2H3,(H,9,10,11,12). The van der Waals surface area contributed by atoms with Gasteiger partial charge in [-0.25, -0.2) is 9.97 Å². The molecule has 7 heteroatoms. The number of halogens is 1. The average Bonchev–Trinajstić information content (AvgIpc) is 2.45. The fourth-order valence-corrected chi connectivity index (χ4v) is 1.24. The molecule has 0 fully saturated rings. The number of nitrogens with zero attached hydrogens (tertiary/aromatic N) is 3. The molecule has 0 saturated carbocycles. The normalized spacial score (nSPS) is 10.8. The molecular formula is C7H7ClN4O2. The van der Waals surface area contributed by atoms with Crippen molar-refractivity contribution < 1.29 is 9.33 Å². The molecule has 14 heavy (non-hydrogen) atoms. The number of nitrogens with one attached hydrogen (secondary N) is 1. The molecule has 2 rings (SSSR count). The first-order valence-corrected chi connectivity index (χ1v) is 4.18. The Morgan fingerprint density at radius 2 is 2.00 bits per heavy atom. The molecule has 0 radical (unpaired) electrons. The highest BCUT2D eigenvalue weighted by Gasteiger charge is 2.11. The average molecular weight is 215 g/mol. The molecule has 74 valence electrons. The van der Waals surface area contributed by atoms with Gasteiger partial charge in [-0.05, 0) is 13.8 Å². The van der Waals surface area contributed by atoms with Gasteiger partial charge >= 0.3 is 0 Å². The Bertz CT molecular complexity index is 470. The van der Waals surface area contributed by atoms with E-state index in [2.05, 4.69) is 29.3 Å². The molecule has 2 aromatic heterocycles. The third kappa shape index (κ3) is 1.49. The Labute approximate surface area is 84.3 Å². The van der Waals surface area contributed by atoms with E-state index >= 15 is 0 Å². The van der Waals surface area contributed by atoms with Gasteiger partial charge in [0, 0.05) is 0 Å². The summed E-state index contributed by atoms with van der Waals surface area (Å²) in [6.45, 7) is 3.53. The summed E-state index contributed by atoms with van der Waals surface area (Å²) in [6.07, 6.45) is 0. The van der Waals surface area contributed by atoms with E-state index in [-0.39, 0.29) is 5.88 Å². The Hall–Kier alpha value is -1.40. The van der Waals surface area contributed by atoms with Crippen molar-refractivity contribution in [2.75, 3.05) is 0 Å². The van der Waals surface area contributed by atoms with Gasteiger partial charge in [0.2, 0.25) is 0 Å². The fourth-order valence-electron chi connectivity index (χ4n) is 1.18. The summed E-state index contributed by atoms with van der Waals surface area (Å²) in [5.74, 6) is 1.48. The number of hydrogen-bond donors (Lipinski definition) is 1. The maximum atomic E-state index is 4.98. The molecule has 0 spiro atoms. The van der Waals surface area contributed by atoms with Crippen LogP contribution in [0.1, 0.15) is 11.6 Å². The second-order valence-electron chi connectivity index (χ2n) is 2.74. The number of aryl methyl sites for hydroxylation is 2. The fraction of sp³-hybridized carbons (Fsp3) is 0.286. The van der Waals surface area contributed by atoms with Crippen LogP contribution in [0.2, 0.25) is 0 Å². The number of H-pyrrole nitrogens is 1. The first-order valence-electron chi connectivity index (χ1n) is 3.87. The lowest BCUT2D eigenvalue weighted by Gasteiger charge is -1.98. The van der Waals surface area contributed by atoms with E-state index in [0.717, 1.165) is 5.82 Å². The van der Waals surface area contributed by atoms with Crippen LogP contribution in [-0.4, -0.2) is 19.9 Å². The molecule has 0 aromatic carbocycles. The first kappa shape index (κ1) is 9.17. The van der Waals surface area contributed by atoms with Crippen molar-refractivity contribution in [3.63, 3.8) is 0 Å². The summed E-state index contributed by atoms with van der Waals surface area (Å²) in [5, 5.41) is 0. The zero-order valence-corrected chi connectivity index (χ0v) is 8.29. The van der Waals surface area contributed by atoms with E-state index in [9.17, 15) is 0 Å². The molecular weight excluding hydrogens is 208 g/mol. The topological polar surface area (TPSA) is 72.9 Å². The minimum Gasteiger partial charge on any atom is -0.336 e. The maximum Gasteiger partial charge on any atom is 0.287 e. The van der Waals surface area contributed by atoms with Crippen molar-refractivity contribution in [3.05, 3.63) is 11.6 Å². The monoisotopic (exact) mass is 214 g/mol. The molecule has 0 saturated heterocycles. The summed E-state index contributed by atoms with van der Waals surface area (Å²) in [5.41, 5.74) is 1.09. The summed E-state index contributed by atoms with van der Waals surface area (Å²) in [4.78, 5) is 19.8. The van der Waals surface area contributed by atoms with E-state index in [4.69, 9.17) is 11.9 Å². The molecule has 0 unspecified atom stereocenters. The van der Waals surface area contributed by atoms with Crippen LogP contribution in [0.25, 0.3) is 11.2 Å². The van der Waals surface area contributed by atoms with E-state index in [0.29, 0.717) is 17.0 Å². The van der Waals surface area contributed by atoms with Gasteiger partial charge in [-0.1, -0.05) is 4.44 Å². The molecule has 0 amide bonds. The molecule has 2 heterocycles. The molecule has 0 aliphatic heterocycles. The van der Waals surface area contributed by atoms with E-state index in [1.165, 1.54) is 0 Å². The molecule has 6 nitrogen and oxygen atoms in total. The Morgan fingerprint density at radius 1 is 1.21 bits per heavy atom. The van der Waals surface area contributed by atoms with Gasteiger partial charge in [-0.15, -0.1) is 0 Å². The van der Waals surface area contributed by atoms with Crippen molar-refractivity contribution in [1.29, 1.82) is 0 Å². The first-order chi connectivity index (χ1) is 6.70. The minimum absolute atomic E-state index is 0.225. The molecule has 0 aliphatic carbocycles. The van der Waals surface area contributed by atoms with Gasteiger partial charge in [0.05, 0.1) is 0 Å². The number of aromatic amines is 1. The molecule has 0 aliphatic rings. The van der Waals surface area contributed by atoms with Gasteiger partial charge in [0.25, 0.3) is 5.88 Å². The van der Waals surface area contributed by atoms with Crippen molar-refractivity contribution in [2.45, 2.75) is 13.8 Å². The summed E-state index contributed by atoms with van der Waals surface area (Å²) in [7, 11) is 0. The van der Waals surface area contributed by atoms with Gasteiger partial charge in [0.15, 0.2) is 11.2 Å². The number of aromatic nitrogens is 4. The highest BCUT2D eigenvalue weighted by molar-refractivity contribution is 6.06. The molecule has 0 atom stereocenters. The van der Waals surface area contributed by atoms with E-state index in [1.54, 1.807) is 6.92 Å². The molecule has 2 aromatic rings. The number of hydrogen-bond acceptors (Lipinski definition) is 5. The lowest BCUT2D eigenvalue weighted by molar-refractivity contribution is -0.0949. The zero-order chi connectivity index (χ0) is 10.1. The highest BCUT2D eigenvalue weighted by Crippen LogP contribution is 2.20. The summed E-state index contributed by atoms with van der Waals surface area (Å²) < 4.78 is 4.03. The van der Waals surface area contributed by atoms with E-state index < -0.39 is 0 Å². The number of fused-ring (bicyclic) bond motifs is 1. The van der Waals surface area contributed by atoms with Crippen LogP contribution in [-0.2, 0) is 4.44 Å². The maximum absolute atomic E-state index is 4.98. The van der Waals surface area contributed by atoms with Gasteiger partial charge in [-0.3, -0.25) is 4.89 Å². The lowest BCUT2D eigenvalue weighted by atomic mass is 10.5. The Kier molecular flexibility index (Phi) is 2.22. The molecule has 0 bridgehead atoms. The van der Waals surface area contributed by atoms with Crippen LogP contribution in [0.3, 0.4) is 0 Å². The SMILES string of the molecule is Cc1nc(OOCl)c2[nH]c(C)nc2n1. The highest BCUT2D eigenvalue weighted by atomic mass is 35.5. The molecule has 1 N–H and O–H groups in total. The third-order valence-corrected chi connectivity index (χ3v) is 1.72. The summed E-state index contributed by atoms with van der Waals surface area (Å²) in [6, 6.07) is 0. The van der Waals surface area contributed by atoms with Gasteiger partial charge in [0.1, 0.15) is 23.5 Å². The van der Waals surface area contributed by atoms with Crippen molar-refractivity contribution in [1.82, 2.24) is 19.9 Å². The largest absolute Gasteiger partial charge is 0.336 e. The smallest absolute Gasteiger partial charge is 0.287 e. The predicted octanol–water partition coefficient (Wildman–Crippen LogP) is 1.43. The van der Waals surface area contributed by atoms with Crippen molar-refractivity contribution >= 4 is 23.0 Å². The van der Waals surface area contributed by atoms with Crippen LogP contribution >= 0.6 is 11.9 Å². The van der Waals surface area contributed by atoms with Gasteiger partial charge in [-0.2, -0.15) is 4.98 Å². The van der Waals surface area contributed by atoms with Crippen molar-refractivity contribution in [2.24, 2.45) is 0 Å². The summed E-state index contributed by atoms with van der Waals surface area (Å²) >= 11 is 4.98. The zero-order valence-electron chi connectivity index (χ0n) is 7.54. The Morgan fingerprint density at radius 3 is 2.71 bits per heavy atom. The third-order valence-electron chi connectivity index (χ3n) is 1.66.